The highest BCUT2D eigenvalue weighted by Crippen LogP contribution is 2.24. The number of benzene rings is 1. The Morgan fingerprint density at radius 1 is 1.36 bits per heavy atom. The van der Waals surface area contributed by atoms with Gasteiger partial charge in [-0.3, -0.25) is 0 Å². The maximum Gasteiger partial charge on any atom is 0.171 e. The van der Waals surface area contributed by atoms with Crippen LogP contribution in [-0.4, -0.2) is 10.8 Å². The minimum Gasteiger partial charge on any atom is -0.612 e. The van der Waals surface area contributed by atoms with Crippen molar-refractivity contribution < 1.29 is 4.55 Å². The molecule has 1 nitrogen and oxygen atoms in total. The molecule has 0 saturated carbocycles. The van der Waals surface area contributed by atoms with Crippen molar-refractivity contribution in [3.63, 3.8) is 0 Å². The summed E-state index contributed by atoms with van der Waals surface area (Å²) in [4.78, 5) is 0.621. The zero-order chi connectivity index (χ0) is 8.43. The van der Waals surface area contributed by atoms with Crippen LogP contribution >= 0.6 is 23.2 Å². The van der Waals surface area contributed by atoms with E-state index >= 15 is 0 Å². The van der Waals surface area contributed by atoms with Crippen molar-refractivity contribution in [3.05, 3.63) is 28.2 Å². The second kappa shape index (κ2) is 3.68. The first-order valence-corrected chi connectivity index (χ1v) is 5.21. The molecule has 0 amide bonds. The molecule has 4 heteroatoms. The molecule has 0 radical (unpaired) electrons. The summed E-state index contributed by atoms with van der Waals surface area (Å²) in [6.45, 7) is 0. The Morgan fingerprint density at radius 2 is 2.00 bits per heavy atom. The van der Waals surface area contributed by atoms with Crippen molar-refractivity contribution in [1.29, 1.82) is 0 Å². The van der Waals surface area contributed by atoms with Crippen LogP contribution in [0.5, 0.6) is 0 Å². The van der Waals surface area contributed by atoms with E-state index in [1.54, 1.807) is 24.5 Å². The Bertz CT molecular complexity index is 263. The Balaban J connectivity index is 3.09. The molecule has 0 bridgehead atoms. The van der Waals surface area contributed by atoms with Gasteiger partial charge in [-0.05, 0) is 29.4 Å². The predicted molar refractivity (Wildman–Crippen MR) is 48.8 cm³/mol. The molecule has 0 N–H and O–H groups in total. The molecule has 0 aliphatic heterocycles. The van der Waals surface area contributed by atoms with E-state index in [1.807, 2.05) is 0 Å². The summed E-state index contributed by atoms with van der Waals surface area (Å²) >= 11 is 10.3. The lowest BCUT2D eigenvalue weighted by molar-refractivity contribution is 0.601. The van der Waals surface area contributed by atoms with Crippen LogP contribution in [-0.2, 0) is 11.2 Å². The van der Waals surface area contributed by atoms with Gasteiger partial charge in [0.1, 0.15) is 6.26 Å². The van der Waals surface area contributed by atoms with Crippen molar-refractivity contribution in [2.75, 3.05) is 6.26 Å². The van der Waals surface area contributed by atoms with Gasteiger partial charge in [-0.1, -0.05) is 23.2 Å². The number of hydrogen-bond acceptors (Lipinski definition) is 1. The van der Waals surface area contributed by atoms with Crippen LogP contribution in [0.2, 0.25) is 10.0 Å². The highest BCUT2D eigenvalue weighted by atomic mass is 35.5. The van der Waals surface area contributed by atoms with Gasteiger partial charge in [0, 0.05) is 5.02 Å². The van der Waals surface area contributed by atoms with Crippen molar-refractivity contribution in [2.45, 2.75) is 4.90 Å². The lowest BCUT2D eigenvalue weighted by Crippen LogP contribution is -1.97. The number of halogens is 2. The Morgan fingerprint density at radius 3 is 2.45 bits per heavy atom. The smallest absolute Gasteiger partial charge is 0.171 e. The molecule has 0 aromatic heterocycles. The summed E-state index contributed by atoms with van der Waals surface area (Å²) < 4.78 is 11.0. The fraction of sp³-hybridized carbons (Fsp3) is 0.143. The summed E-state index contributed by atoms with van der Waals surface area (Å²) in [6, 6.07) is 4.92. The van der Waals surface area contributed by atoms with Gasteiger partial charge in [-0.15, -0.1) is 0 Å². The molecule has 0 saturated heterocycles. The van der Waals surface area contributed by atoms with Crippen molar-refractivity contribution in [1.82, 2.24) is 0 Å². The Kier molecular flexibility index (Phi) is 3.07. The molecule has 1 aromatic rings. The van der Waals surface area contributed by atoms with Crippen molar-refractivity contribution >= 4 is 34.4 Å². The molecule has 1 rings (SSSR count). The zero-order valence-corrected chi connectivity index (χ0v) is 8.13. The normalized spacial score (nSPS) is 13.1. The average Bonchev–Trinajstić information content (AvgIpc) is 1.85. The first-order valence-electron chi connectivity index (χ1n) is 2.90. The average molecular weight is 209 g/mol. The van der Waals surface area contributed by atoms with Gasteiger partial charge >= 0.3 is 0 Å². The van der Waals surface area contributed by atoms with Crippen LogP contribution in [0.1, 0.15) is 0 Å². The van der Waals surface area contributed by atoms with E-state index in [4.69, 9.17) is 23.2 Å². The fourth-order valence-electron chi connectivity index (χ4n) is 0.708. The van der Waals surface area contributed by atoms with E-state index in [2.05, 4.69) is 0 Å². The monoisotopic (exact) mass is 208 g/mol. The van der Waals surface area contributed by atoms with Crippen LogP contribution in [0, 0.1) is 0 Å². The minimum atomic E-state index is -1.04. The third-order valence-corrected chi connectivity index (χ3v) is 2.84. The summed E-state index contributed by atoms with van der Waals surface area (Å²) in [6.07, 6.45) is 1.58. The lowest BCUT2D eigenvalue weighted by Gasteiger charge is -2.05. The standard InChI is InChI=1S/C7H6Cl2OS/c1-11(10)7-3-2-5(8)4-6(7)9/h2-4H,1H3. The number of hydrogen-bond donors (Lipinski definition) is 0. The first kappa shape index (κ1) is 9.20. The molecular weight excluding hydrogens is 203 g/mol. The number of rotatable bonds is 1. The second-order valence-electron chi connectivity index (χ2n) is 2.03. The maximum absolute atomic E-state index is 11.0. The third-order valence-electron chi connectivity index (χ3n) is 1.20. The van der Waals surface area contributed by atoms with Gasteiger partial charge in [0.15, 0.2) is 4.90 Å². The molecule has 0 spiro atoms. The van der Waals surface area contributed by atoms with Crippen LogP contribution in [0.3, 0.4) is 0 Å². The highest BCUT2D eigenvalue weighted by molar-refractivity contribution is 7.90. The molecule has 60 valence electrons. The SMILES string of the molecule is C[S+]([O-])c1ccc(Cl)cc1Cl. The van der Waals surface area contributed by atoms with E-state index in [-0.39, 0.29) is 0 Å². The van der Waals surface area contributed by atoms with Gasteiger partial charge in [0.25, 0.3) is 0 Å². The Labute approximate surface area is 78.5 Å². The molecule has 1 atom stereocenters. The molecular formula is C7H6Cl2OS. The maximum atomic E-state index is 11.0. The molecule has 1 aromatic carbocycles. The first-order chi connectivity index (χ1) is 5.11. The third kappa shape index (κ3) is 2.27. The molecule has 1 unspecified atom stereocenters. The Hall–Kier alpha value is 0.110. The summed E-state index contributed by atoms with van der Waals surface area (Å²) in [7, 11) is 0. The van der Waals surface area contributed by atoms with Gasteiger partial charge in [-0.25, -0.2) is 0 Å². The largest absolute Gasteiger partial charge is 0.612 e. The highest BCUT2D eigenvalue weighted by Gasteiger charge is 2.09. The predicted octanol–water partition coefficient (Wildman–Crippen LogP) is 2.73. The van der Waals surface area contributed by atoms with Gasteiger partial charge in [0.2, 0.25) is 0 Å². The molecule has 0 fully saturated rings. The summed E-state index contributed by atoms with van der Waals surface area (Å²) in [5.41, 5.74) is 0. The van der Waals surface area contributed by atoms with Crippen LogP contribution in [0.15, 0.2) is 23.1 Å². The van der Waals surface area contributed by atoms with Crippen molar-refractivity contribution in [2.24, 2.45) is 0 Å². The zero-order valence-electron chi connectivity index (χ0n) is 5.80. The van der Waals surface area contributed by atoms with Gasteiger partial charge < -0.3 is 4.55 Å². The van der Waals surface area contributed by atoms with Crippen LogP contribution in [0.25, 0.3) is 0 Å². The summed E-state index contributed by atoms with van der Waals surface area (Å²) in [5, 5.41) is 1.02. The van der Waals surface area contributed by atoms with E-state index in [0.29, 0.717) is 14.9 Å². The topological polar surface area (TPSA) is 23.1 Å². The fourth-order valence-corrected chi connectivity index (χ4v) is 2.04. The molecule has 0 aliphatic rings. The summed E-state index contributed by atoms with van der Waals surface area (Å²) in [5.74, 6) is 0. The quantitative estimate of drug-likeness (QED) is 0.652. The van der Waals surface area contributed by atoms with E-state index < -0.39 is 11.2 Å². The van der Waals surface area contributed by atoms with Crippen LogP contribution in [0.4, 0.5) is 0 Å². The molecule has 0 heterocycles. The van der Waals surface area contributed by atoms with Crippen molar-refractivity contribution in [3.8, 4) is 0 Å². The van der Waals surface area contributed by atoms with Gasteiger partial charge in [0.05, 0.1) is 5.02 Å². The molecule has 11 heavy (non-hydrogen) atoms. The second-order valence-corrected chi connectivity index (χ2v) is 4.22. The van der Waals surface area contributed by atoms with Crippen LogP contribution < -0.4 is 0 Å². The molecule has 0 aliphatic carbocycles. The van der Waals surface area contributed by atoms with E-state index in [9.17, 15) is 4.55 Å². The minimum absolute atomic E-state index is 0.457. The van der Waals surface area contributed by atoms with E-state index in [0.717, 1.165) is 0 Å². The lowest BCUT2D eigenvalue weighted by atomic mass is 10.4. The van der Waals surface area contributed by atoms with E-state index in [1.165, 1.54) is 0 Å². The van der Waals surface area contributed by atoms with Gasteiger partial charge in [-0.2, -0.15) is 0 Å².